The van der Waals surface area contributed by atoms with Gasteiger partial charge in [0.1, 0.15) is 5.78 Å². The average Bonchev–Trinajstić information content (AvgIpc) is 2.86. The number of hydrogen-bond donors (Lipinski definition) is 4. The largest absolute Gasteiger partial charge is 0.481 e. The zero-order valence-electron chi connectivity index (χ0n) is 20.8. The molecule has 196 valence electrons. The summed E-state index contributed by atoms with van der Waals surface area (Å²) < 4.78 is 11.0. The zero-order chi connectivity index (χ0) is 26.3. The molecule has 4 N–H and O–H groups in total. The van der Waals surface area contributed by atoms with Crippen LogP contribution in [0, 0.1) is 0 Å². The minimum Gasteiger partial charge on any atom is -0.481 e. The monoisotopic (exact) mass is 508 g/mol. The number of carbonyl (C=O) groups excluding carboxylic acids is 1. The smallest absolute Gasteiger partial charge is 0.307 e. The highest BCUT2D eigenvalue weighted by Crippen LogP contribution is 2.19. The fourth-order valence-electron chi connectivity index (χ4n) is 3.21. The lowest BCUT2D eigenvalue weighted by Crippen LogP contribution is -2.15. The van der Waals surface area contributed by atoms with Gasteiger partial charge in [0.15, 0.2) is 0 Å². The maximum absolute atomic E-state index is 10.9. The summed E-state index contributed by atoms with van der Waals surface area (Å²) in [6, 6.07) is 16.6. The molecule has 0 bridgehead atoms. The summed E-state index contributed by atoms with van der Waals surface area (Å²) in [5.74, 6) is 0.322. The highest BCUT2D eigenvalue weighted by atomic mass is 16.5. The van der Waals surface area contributed by atoms with Crippen molar-refractivity contribution < 1.29 is 24.2 Å². The van der Waals surface area contributed by atoms with Crippen LogP contribution < -0.4 is 16.0 Å². The van der Waals surface area contributed by atoms with Crippen LogP contribution >= 0.6 is 0 Å². The van der Waals surface area contributed by atoms with Gasteiger partial charge < -0.3 is 35.3 Å². The van der Waals surface area contributed by atoms with Crippen molar-refractivity contribution >= 4 is 41.0 Å². The van der Waals surface area contributed by atoms with E-state index in [1.165, 1.54) is 0 Å². The fraction of sp³-hybridized carbons (Fsp3) is 0.346. The van der Waals surface area contributed by atoms with Crippen LogP contribution in [-0.4, -0.2) is 64.8 Å². The first-order chi connectivity index (χ1) is 18.0. The molecular formula is C26H32N6O5. The molecule has 0 fully saturated rings. The van der Waals surface area contributed by atoms with Crippen molar-refractivity contribution in [2.45, 2.75) is 26.2 Å². The lowest BCUT2D eigenvalue weighted by atomic mass is 10.1. The Hall–Kier alpha value is -4.09. The molecule has 0 radical (unpaired) electrons. The van der Waals surface area contributed by atoms with Crippen LogP contribution in [0.4, 0.5) is 29.2 Å². The van der Waals surface area contributed by atoms with Crippen molar-refractivity contribution in [3.8, 4) is 0 Å². The number of para-hydroxylation sites is 1. The third-order valence-corrected chi connectivity index (χ3v) is 4.95. The van der Waals surface area contributed by atoms with Crippen LogP contribution in [0.5, 0.6) is 0 Å². The number of anilines is 5. The number of aromatic nitrogens is 3. The predicted octanol–water partition coefficient (Wildman–Crippen LogP) is 3.80. The molecule has 2 aromatic carbocycles. The molecule has 11 heteroatoms. The standard InChI is InChI=1S/C26H32N6O5/c1-19(33)6-5-14-36-16-17-37-15-13-27-24-30-25(28-21-7-3-2-4-8-21)32-26(31-24)29-22-11-9-20(10-12-22)18-23(34)35/h2-4,7-12H,5-6,13-18H2,1H3,(H,34,35)(H3,27,28,29,30,31,32). The number of carboxylic acid groups (broad SMARTS) is 1. The molecular weight excluding hydrogens is 476 g/mol. The Bertz CT molecular complexity index is 1130. The quantitative estimate of drug-likeness (QED) is 0.197. The molecule has 0 unspecified atom stereocenters. The SMILES string of the molecule is CC(=O)CCCOCCOCCNc1nc(Nc2ccccc2)nc(Nc2ccc(CC(=O)O)cc2)n1. The molecule has 3 aromatic rings. The molecule has 11 nitrogen and oxygen atoms in total. The highest BCUT2D eigenvalue weighted by molar-refractivity contribution is 5.75. The van der Waals surface area contributed by atoms with Crippen LogP contribution in [0.3, 0.4) is 0 Å². The van der Waals surface area contributed by atoms with Gasteiger partial charge in [-0.05, 0) is 43.2 Å². The van der Waals surface area contributed by atoms with Crippen LogP contribution in [0.2, 0.25) is 0 Å². The summed E-state index contributed by atoms with van der Waals surface area (Å²) in [5, 5.41) is 18.4. The van der Waals surface area contributed by atoms with Crippen LogP contribution in [0.25, 0.3) is 0 Å². The van der Waals surface area contributed by atoms with Gasteiger partial charge in [-0.3, -0.25) is 4.79 Å². The third-order valence-electron chi connectivity index (χ3n) is 4.95. The summed E-state index contributed by atoms with van der Waals surface area (Å²) in [6.07, 6.45) is 1.21. The Labute approximate surface area is 215 Å². The Balaban J connectivity index is 1.54. The predicted molar refractivity (Wildman–Crippen MR) is 141 cm³/mol. The lowest BCUT2D eigenvalue weighted by Gasteiger charge is -2.12. The van der Waals surface area contributed by atoms with E-state index >= 15 is 0 Å². The summed E-state index contributed by atoms with van der Waals surface area (Å²) in [7, 11) is 0. The molecule has 0 saturated carbocycles. The number of rotatable bonds is 17. The van der Waals surface area contributed by atoms with E-state index in [9.17, 15) is 9.59 Å². The number of nitrogens with one attached hydrogen (secondary N) is 3. The normalized spacial score (nSPS) is 10.6. The van der Waals surface area contributed by atoms with Gasteiger partial charge in [0.25, 0.3) is 0 Å². The minimum atomic E-state index is -0.883. The van der Waals surface area contributed by atoms with Crippen molar-refractivity contribution in [3.63, 3.8) is 0 Å². The van der Waals surface area contributed by atoms with Gasteiger partial charge in [-0.25, -0.2) is 0 Å². The minimum absolute atomic E-state index is 0.0424. The maximum atomic E-state index is 10.9. The molecule has 0 saturated heterocycles. The second kappa shape index (κ2) is 15.1. The molecule has 0 amide bonds. The number of carboxylic acids is 1. The summed E-state index contributed by atoms with van der Waals surface area (Å²) in [6.45, 7) is 3.93. The molecule has 3 rings (SSSR count). The molecule has 0 aliphatic carbocycles. The second-order valence-electron chi connectivity index (χ2n) is 8.15. The van der Waals surface area contributed by atoms with E-state index < -0.39 is 5.97 Å². The number of aliphatic carboxylic acids is 1. The molecule has 37 heavy (non-hydrogen) atoms. The molecule has 1 heterocycles. The van der Waals surface area contributed by atoms with E-state index in [1.807, 2.05) is 30.3 Å². The maximum Gasteiger partial charge on any atom is 0.307 e. The van der Waals surface area contributed by atoms with E-state index in [0.717, 1.165) is 12.1 Å². The van der Waals surface area contributed by atoms with Crippen LogP contribution in [0.15, 0.2) is 54.6 Å². The number of carbonyl (C=O) groups is 2. The summed E-state index contributed by atoms with van der Waals surface area (Å²) in [4.78, 5) is 35.1. The third kappa shape index (κ3) is 11.0. The van der Waals surface area contributed by atoms with Gasteiger partial charge in [-0.2, -0.15) is 15.0 Å². The topological polar surface area (TPSA) is 148 Å². The number of benzene rings is 2. The van der Waals surface area contributed by atoms with Gasteiger partial charge in [-0.15, -0.1) is 0 Å². The molecule has 0 atom stereocenters. The van der Waals surface area contributed by atoms with Gasteiger partial charge in [-0.1, -0.05) is 30.3 Å². The van der Waals surface area contributed by atoms with E-state index in [4.69, 9.17) is 14.6 Å². The number of nitrogens with zero attached hydrogens (tertiary/aromatic N) is 3. The van der Waals surface area contributed by atoms with Gasteiger partial charge in [0.05, 0.1) is 26.2 Å². The van der Waals surface area contributed by atoms with Gasteiger partial charge >= 0.3 is 5.97 Å². The number of ketones is 1. The van der Waals surface area contributed by atoms with Crippen LogP contribution in [0.1, 0.15) is 25.3 Å². The van der Waals surface area contributed by atoms with E-state index in [0.29, 0.717) is 68.5 Å². The summed E-state index contributed by atoms with van der Waals surface area (Å²) in [5.41, 5.74) is 2.24. The number of hydrogen-bond acceptors (Lipinski definition) is 10. The Morgan fingerprint density at radius 1 is 0.784 bits per heavy atom. The first kappa shape index (κ1) is 27.5. The van der Waals surface area contributed by atoms with Crippen molar-refractivity contribution in [3.05, 3.63) is 60.2 Å². The molecule has 0 spiro atoms. The van der Waals surface area contributed by atoms with E-state index in [2.05, 4.69) is 30.9 Å². The lowest BCUT2D eigenvalue weighted by molar-refractivity contribution is -0.136. The van der Waals surface area contributed by atoms with Crippen LogP contribution in [-0.2, 0) is 25.5 Å². The van der Waals surface area contributed by atoms with Crippen molar-refractivity contribution in [1.29, 1.82) is 0 Å². The highest BCUT2D eigenvalue weighted by Gasteiger charge is 2.08. The Kier molecular flexibility index (Phi) is 11.2. The number of ether oxygens (including phenoxy) is 2. The molecule has 0 aliphatic rings. The van der Waals surface area contributed by atoms with Crippen molar-refractivity contribution in [2.75, 3.05) is 48.9 Å². The van der Waals surface area contributed by atoms with Crippen molar-refractivity contribution in [1.82, 2.24) is 15.0 Å². The van der Waals surface area contributed by atoms with E-state index in [1.54, 1.807) is 31.2 Å². The van der Waals surface area contributed by atoms with E-state index in [-0.39, 0.29) is 12.2 Å². The van der Waals surface area contributed by atoms with Gasteiger partial charge in [0.2, 0.25) is 17.8 Å². The average molecular weight is 509 g/mol. The zero-order valence-corrected chi connectivity index (χ0v) is 20.8. The first-order valence-corrected chi connectivity index (χ1v) is 12.0. The van der Waals surface area contributed by atoms with Crippen molar-refractivity contribution in [2.24, 2.45) is 0 Å². The second-order valence-corrected chi connectivity index (χ2v) is 8.15. The Morgan fingerprint density at radius 2 is 1.38 bits per heavy atom. The van der Waals surface area contributed by atoms with Gasteiger partial charge in [0, 0.05) is 30.9 Å². The number of Topliss-reactive ketones (excluding diaryl/α,β-unsaturated/α-hetero) is 1. The molecule has 0 aliphatic heterocycles. The summed E-state index contributed by atoms with van der Waals surface area (Å²) >= 11 is 0. The fourth-order valence-corrected chi connectivity index (χ4v) is 3.21. The first-order valence-electron chi connectivity index (χ1n) is 12.0. The Morgan fingerprint density at radius 3 is 2.00 bits per heavy atom. The molecule has 1 aromatic heterocycles.